The summed E-state index contributed by atoms with van der Waals surface area (Å²) in [5.74, 6) is 0. The van der Waals surface area contributed by atoms with Crippen LogP contribution in [0, 0.1) is 10.1 Å². The van der Waals surface area contributed by atoms with Gasteiger partial charge in [0.1, 0.15) is 0 Å². The van der Waals surface area contributed by atoms with Gasteiger partial charge in [-0.2, -0.15) is 0 Å². The van der Waals surface area contributed by atoms with Crippen LogP contribution in [0.1, 0.15) is 5.56 Å². The summed E-state index contributed by atoms with van der Waals surface area (Å²) in [4.78, 5) is 10.1. The Bertz CT molecular complexity index is 368. The van der Waals surface area contributed by atoms with E-state index < -0.39 is 4.92 Å². The Morgan fingerprint density at radius 3 is 2.88 bits per heavy atom. The maximum Gasteiger partial charge on any atom is 0.269 e. The molecule has 16 heavy (non-hydrogen) atoms. The van der Waals surface area contributed by atoms with Gasteiger partial charge < -0.3 is 15.2 Å². The summed E-state index contributed by atoms with van der Waals surface area (Å²) in [7, 11) is 1.52. The Morgan fingerprint density at radius 1 is 1.56 bits per heavy atom. The Kier molecular flexibility index (Phi) is 4.68. The zero-order valence-electron chi connectivity index (χ0n) is 8.97. The highest BCUT2D eigenvalue weighted by atomic mass is 16.6. The van der Waals surface area contributed by atoms with Crippen molar-refractivity contribution in [1.29, 1.82) is 0 Å². The summed E-state index contributed by atoms with van der Waals surface area (Å²) in [5, 5.41) is 22.2. The zero-order valence-corrected chi connectivity index (χ0v) is 8.97. The van der Waals surface area contributed by atoms with Crippen LogP contribution in [0.25, 0.3) is 0 Å². The molecule has 0 atom stereocenters. The number of anilines is 1. The molecule has 1 aromatic rings. The number of nitro benzene ring substituents is 1. The second-order valence-corrected chi connectivity index (χ2v) is 3.18. The first-order valence-electron chi connectivity index (χ1n) is 4.80. The van der Waals surface area contributed by atoms with Gasteiger partial charge in [-0.05, 0) is 6.07 Å². The number of benzene rings is 1. The molecule has 0 saturated carbocycles. The molecule has 0 aliphatic rings. The van der Waals surface area contributed by atoms with Crippen molar-refractivity contribution in [3.63, 3.8) is 0 Å². The fourth-order valence-electron chi connectivity index (χ4n) is 1.33. The molecule has 0 heterocycles. The highest BCUT2D eigenvalue weighted by Gasteiger charge is 2.10. The van der Waals surface area contributed by atoms with E-state index in [9.17, 15) is 10.1 Å². The smallest absolute Gasteiger partial charge is 0.269 e. The number of ether oxygens (including phenoxy) is 1. The molecule has 0 spiro atoms. The highest BCUT2D eigenvalue weighted by Crippen LogP contribution is 2.22. The minimum Gasteiger partial charge on any atom is -0.395 e. The van der Waals surface area contributed by atoms with Gasteiger partial charge in [-0.25, -0.2) is 0 Å². The molecule has 0 aliphatic heterocycles. The minimum absolute atomic E-state index is 0.00338. The predicted octanol–water partition coefficient (Wildman–Crippen LogP) is 1.15. The first kappa shape index (κ1) is 12.4. The van der Waals surface area contributed by atoms with E-state index >= 15 is 0 Å². The number of nitro groups is 1. The molecule has 0 unspecified atom stereocenters. The van der Waals surface area contributed by atoms with Crippen LogP contribution in [0.5, 0.6) is 0 Å². The number of non-ortho nitro benzene ring substituents is 1. The lowest BCUT2D eigenvalue weighted by atomic mass is 10.1. The van der Waals surface area contributed by atoms with E-state index in [-0.39, 0.29) is 18.9 Å². The average Bonchev–Trinajstić information content (AvgIpc) is 2.27. The van der Waals surface area contributed by atoms with Crippen LogP contribution in [-0.4, -0.2) is 30.3 Å². The number of methoxy groups -OCH3 is 1. The van der Waals surface area contributed by atoms with Crippen LogP contribution in [0.2, 0.25) is 0 Å². The summed E-state index contributed by atoms with van der Waals surface area (Å²) in [5.41, 5.74) is 1.47. The van der Waals surface area contributed by atoms with Gasteiger partial charge in [0, 0.05) is 37.0 Å². The van der Waals surface area contributed by atoms with Crippen LogP contribution < -0.4 is 5.32 Å². The second kappa shape index (κ2) is 6.04. The molecule has 1 rings (SSSR count). The van der Waals surface area contributed by atoms with Crippen molar-refractivity contribution in [2.75, 3.05) is 25.6 Å². The van der Waals surface area contributed by atoms with Gasteiger partial charge in [0.15, 0.2) is 0 Å². The van der Waals surface area contributed by atoms with Gasteiger partial charge in [0.05, 0.1) is 18.1 Å². The fraction of sp³-hybridized carbons (Fsp3) is 0.400. The second-order valence-electron chi connectivity index (χ2n) is 3.18. The lowest BCUT2D eigenvalue weighted by Crippen LogP contribution is -2.08. The van der Waals surface area contributed by atoms with Gasteiger partial charge in [-0.3, -0.25) is 10.1 Å². The number of nitrogens with zero attached hydrogens (tertiary/aromatic N) is 1. The van der Waals surface area contributed by atoms with Crippen molar-refractivity contribution in [3.05, 3.63) is 33.9 Å². The summed E-state index contributed by atoms with van der Waals surface area (Å²) >= 11 is 0. The van der Waals surface area contributed by atoms with Gasteiger partial charge in [-0.15, -0.1) is 0 Å². The molecular formula is C10H14N2O4. The van der Waals surface area contributed by atoms with Crippen LogP contribution in [0.15, 0.2) is 18.2 Å². The molecule has 6 nitrogen and oxygen atoms in total. The predicted molar refractivity (Wildman–Crippen MR) is 59.4 cm³/mol. The largest absolute Gasteiger partial charge is 0.395 e. The number of nitrogens with one attached hydrogen (secondary N) is 1. The van der Waals surface area contributed by atoms with E-state index in [2.05, 4.69) is 5.32 Å². The number of aliphatic hydroxyl groups is 1. The van der Waals surface area contributed by atoms with E-state index in [0.717, 1.165) is 5.69 Å². The lowest BCUT2D eigenvalue weighted by Gasteiger charge is -2.10. The summed E-state index contributed by atoms with van der Waals surface area (Å²) < 4.78 is 4.96. The standard InChI is InChI=1S/C10H14N2O4/c1-16-7-8-6-9(12(14)15)2-3-10(8)11-4-5-13/h2-3,6,11,13H,4-5,7H2,1H3. The normalized spacial score (nSPS) is 10.1. The Morgan fingerprint density at radius 2 is 2.31 bits per heavy atom. The molecule has 0 fully saturated rings. The monoisotopic (exact) mass is 226 g/mol. The van der Waals surface area contributed by atoms with Crippen molar-refractivity contribution in [1.82, 2.24) is 0 Å². The van der Waals surface area contributed by atoms with Gasteiger partial charge in [0.25, 0.3) is 5.69 Å². The summed E-state index contributed by atoms with van der Waals surface area (Å²) in [6.07, 6.45) is 0. The van der Waals surface area contributed by atoms with Crippen LogP contribution in [-0.2, 0) is 11.3 Å². The topological polar surface area (TPSA) is 84.6 Å². The molecule has 0 amide bonds. The van der Waals surface area contributed by atoms with E-state index in [1.54, 1.807) is 6.07 Å². The van der Waals surface area contributed by atoms with Crippen LogP contribution >= 0.6 is 0 Å². The first-order chi connectivity index (χ1) is 7.69. The summed E-state index contributed by atoms with van der Waals surface area (Å²) in [6, 6.07) is 4.49. The quantitative estimate of drug-likeness (QED) is 0.561. The van der Waals surface area contributed by atoms with Crippen LogP contribution in [0.4, 0.5) is 11.4 Å². The minimum atomic E-state index is -0.449. The van der Waals surface area contributed by atoms with Crippen molar-refractivity contribution >= 4 is 11.4 Å². The molecule has 2 N–H and O–H groups in total. The van der Waals surface area contributed by atoms with E-state index in [1.165, 1.54) is 19.2 Å². The first-order valence-corrected chi connectivity index (χ1v) is 4.80. The van der Waals surface area contributed by atoms with Gasteiger partial charge in [0.2, 0.25) is 0 Å². The third-order valence-corrected chi connectivity index (χ3v) is 2.03. The van der Waals surface area contributed by atoms with Gasteiger partial charge in [-0.1, -0.05) is 0 Å². The molecule has 88 valence electrons. The highest BCUT2D eigenvalue weighted by molar-refractivity contribution is 5.55. The number of hydrogen-bond donors (Lipinski definition) is 2. The number of aliphatic hydroxyl groups excluding tert-OH is 1. The molecule has 0 radical (unpaired) electrons. The summed E-state index contributed by atoms with van der Waals surface area (Å²) in [6.45, 7) is 0.688. The molecule has 0 bridgehead atoms. The molecule has 0 saturated heterocycles. The van der Waals surface area contributed by atoms with Gasteiger partial charge >= 0.3 is 0 Å². The molecule has 6 heteroatoms. The molecule has 1 aromatic carbocycles. The van der Waals surface area contributed by atoms with Crippen LogP contribution in [0.3, 0.4) is 0 Å². The Balaban J connectivity index is 2.94. The van der Waals surface area contributed by atoms with E-state index in [0.29, 0.717) is 12.1 Å². The number of rotatable bonds is 6. The Labute approximate surface area is 93.0 Å². The Hall–Kier alpha value is -1.66. The van der Waals surface area contributed by atoms with Crippen molar-refractivity contribution in [3.8, 4) is 0 Å². The fourth-order valence-corrected chi connectivity index (χ4v) is 1.33. The van der Waals surface area contributed by atoms with Crippen molar-refractivity contribution in [2.45, 2.75) is 6.61 Å². The van der Waals surface area contributed by atoms with E-state index in [4.69, 9.17) is 9.84 Å². The third kappa shape index (κ3) is 3.18. The maximum atomic E-state index is 10.6. The SMILES string of the molecule is COCc1cc([N+](=O)[O-])ccc1NCCO. The molecule has 0 aliphatic carbocycles. The van der Waals surface area contributed by atoms with Crippen molar-refractivity contribution < 1.29 is 14.8 Å². The van der Waals surface area contributed by atoms with Crippen molar-refractivity contribution in [2.24, 2.45) is 0 Å². The number of hydrogen-bond acceptors (Lipinski definition) is 5. The zero-order chi connectivity index (χ0) is 12.0. The molecular weight excluding hydrogens is 212 g/mol. The average molecular weight is 226 g/mol. The maximum absolute atomic E-state index is 10.6. The third-order valence-electron chi connectivity index (χ3n) is 2.03. The molecule has 0 aromatic heterocycles. The lowest BCUT2D eigenvalue weighted by molar-refractivity contribution is -0.384. The van der Waals surface area contributed by atoms with E-state index in [1.807, 2.05) is 0 Å².